The van der Waals surface area contributed by atoms with Crippen LogP contribution in [0.1, 0.15) is 53.9 Å². The minimum absolute atomic E-state index is 0.0307. The highest BCUT2D eigenvalue weighted by Gasteiger charge is 2.22. The van der Waals surface area contributed by atoms with E-state index in [2.05, 4.69) is 0 Å². The van der Waals surface area contributed by atoms with Gasteiger partial charge in [-0.05, 0) is 26.7 Å². The summed E-state index contributed by atoms with van der Waals surface area (Å²) < 4.78 is 4.94. The summed E-state index contributed by atoms with van der Waals surface area (Å²) in [6, 6.07) is 0. The largest absolute Gasteiger partial charge is 0.463 e. The third-order valence-corrected chi connectivity index (χ3v) is 2.75. The van der Waals surface area contributed by atoms with Crippen LogP contribution in [-0.2, 0) is 19.1 Å². The van der Waals surface area contributed by atoms with Crippen molar-refractivity contribution in [2.45, 2.75) is 60.0 Å². The summed E-state index contributed by atoms with van der Waals surface area (Å²) in [5, 5.41) is 0. The van der Waals surface area contributed by atoms with E-state index in [-0.39, 0.29) is 54.7 Å². The number of esters is 1. The van der Waals surface area contributed by atoms with E-state index >= 15 is 0 Å². The second-order valence-corrected chi connectivity index (χ2v) is 5.24. The zero-order chi connectivity index (χ0) is 14.3. The summed E-state index contributed by atoms with van der Waals surface area (Å²) in [5.74, 6) is -0.470. The van der Waals surface area contributed by atoms with Gasteiger partial charge >= 0.3 is 5.97 Å². The number of Topliss-reactive ketones (excluding diaryl/α,β-unsaturated/α-hetero) is 2. The molecular weight excluding hydrogens is 232 g/mol. The number of hydrogen-bond acceptors (Lipinski definition) is 4. The summed E-state index contributed by atoms with van der Waals surface area (Å²) in [6.45, 7) is 8.89. The van der Waals surface area contributed by atoms with Crippen LogP contribution in [0.5, 0.6) is 0 Å². The molecule has 0 fully saturated rings. The molecule has 0 radical (unpaired) electrons. The Morgan fingerprint density at radius 3 is 1.94 bits per heavy atom. The van der Waals surface area contributed by atoms with E-state index in [4.69, 9.17) is 4.74 Å². The second-order valence-electron chi connectivity index (χ2n) is 5.24. The molecule has 0 heterocycles. The lowest BCUT2D eigenvalue weighted by Gasteiger charge is -2.16. The fourth-order valence-electron chi connectivity index (χ4n) is 1.76. The van der Waals surface area contributed by atoms with Crippen molar-refractivity contribution in [1.82, 2.24) is 0 Å². The Morgan fingerprint density at radius 1 is 1.00 bits per heavy atom. The van der Waals surface area contributed by atoms with Gasteiger partial charge in [-0.15, -0.1) is 0 Å². The Morgan fingerprint density at radius 2 is 1.56 bits per heavy atom. The number of hydrogen-bond donors (Lipinski definition) is 0. The monoisotopic (exact) mass is 256 g/mol. The zero-order valence-electron chi connectivity index (χ0n) is 12.0. The van der Waals surface area contributed by atoms with Crippen molar-refractivity contribution in [2.24, 2.45) is 11.8 Å². The molecule has 4 nitrogen and oxygen atoms in total. The van der Waals surface area contributed by atoms with Crippen LogP contribution >= 0.6 is 0 Å². The molecule has 18 heavy (non-hydrogen) atoms. The zero-order valence-corrected chi connectivity index (χ0v) is 12.0. The van der Waals surface area contributed by atoms with E-state index in [0.717, 1.165) is 0 Å². The number of ketones is 2. The minimum atomic E-state index is -0.359. The number of rotatable bonds is 8. The molecule has 0 amide bonds. The van der Waals surface area contributed by atoms with Crippen LogP contribution in [0.3, 0.4) is 0 Å². The van der Waals surface area contributed by atoms with Crippen LogP contribution in [0.25, 0.3) is 0 Å². The summed E-state index contributed by atoms with van der Waals surface area (Å²) in [7, 11) is 0. The second kappa shape index (κ2) is 8.01. The maximum absolute atomic E-state index is 11.7. The molecule has 0 saturated carbocycles. The van der Waals surface area contributed by atoms with Gasteiger partial charge in [0.05, 0.1) is 12.5 Å². The first kappa shape index (κ1) is 16.8. The van der Waals surface area contributed by atoms with Gasteiger partial charge in [-0.3, -0.25) is 14.4 Å². The van der Waals surface area contributed by atoms with Crippen LogP contribution < -0.4 is 0 Å². The molecule has 104 valence electrons. The standard InChI is InChI=1S/C14H24O4/c1-9(2)13(11(5)15)8-12(16)6-7-14(17)18-10(3)4/h9-10,13H,6-8H2,1-5H3. The molecule has 0 spiro atoms. The molecule has 0 saturated heterocycles. The lowest BCUT2D eigenvalue weighted by atomic mass is 9.87. The predicted molar refractivity (Wildman–Crippen MR) is 69.1 cm³/mol. The highest BCUT2D eigenvalue weighted by Crippen LogP contribution is 2.18. The van der Waals surface area contributed by atoms with Gasteiger partial charge in [-0.25, -0.2) is 0 Å². The highest BCUT2D eigenvalue weighted by atomic mass is 16.5. The molecule has 0 aromatic carbocycles. The summed E-state index contributed by atoms with van der Waals surface area (Å²) in [4.78, 5) is 34.3. The summed E-state index contributed by atoms with van der Waals surface area (Å²) in [6.07, 6.45) is 0.317. The van der Waals surface area contributed by atoms with Gasteiger partial charge in [0, 0.05) is 18.8 Å². The fourth-order valence-corrected chi connectivity index (χ4v) is 1.76. The highest BCUT2D eigenvalue weighted by molar-refractivity contribution is 5.88. The Hall–Kier alpha value is -1.19. The molecule has 0 rings (SSSR count). The lowest BCUT2D eigenvalue weighted by Crippen LogP contribution is -2.22. The van der Waals surface area contributed by atoms with Gasteiger partial charge in [0.1, 0.15) is 11.6 Å². The molecule has 0 aliphatic heterocycles. The molecule has 4 heteroatoms. The van der Waals surface area contributed by atoms with Crippen molar-refractivity contribution < 1.29 is 19.1 Å². The van der Waals surface area contributed by atoms with Crippen molar-refractivity contribution >= 4 is 17.5 Å². The van der Waals surface area contributed by atoms with E-state index in [1.807, 2.05) is 13.8 Å². The smallest absolute Gasteiger partial charge is 0.306 e. The van der Waals surface area contributed by atoms with E-state index < -0.39 is 0 Å². The maximum atomic E-state index is 11.7. The predicted octanol–water partition coefficient (Wildman–Crippen LogP) is 2.54. The van der Waals surface area contributed by atoms with Crippen LogP contribution in [0.2, 0.25) is 0 Å². The molecule has 0 aromatic rings. The quantitative estimate of drug-likeness (QED) is 0.626. The Balaban J connectivity index is 4.11. The SMILES string of the molecule is CC(=O)C(CC(=O)CCC(=O)OC(C)C)C(C)C. The van der Waals surface area contributed by atoms with Gasteiger partial charge in [-0.1, -0.05) is 13.8 Å². The third kappa shape index (κ3) is 7.20. The van der Waals surface area contributed by atoms with Crippen LogP contribution in [-0.4, -0.2) is 23.6 Å². The number of ether oxygens (including phenoxy) is 1. The van der Waals surface area contributed by atoms with Gasteiger partial charge in [0.15, 0.2) is 0 Å². The topological polar surface area (TPSA) is 60.4 Å². The molecule has 1 atom stereocenters. The van der Waals surface area contributed by atoms with Crippen LogP contribution in [0.15, 0.2) is 0 Å². The Bertz CT molecular complexity index is 305. The number of carbonyl (C=O) groups excluding carboxylic acids is 3. The van der Waals surface area contributed by atoms with Crippen molar-refractivity contribution in [2.75, 3.05) is 0 Å². The Labute approximate surface area is 109 Å². The lowest BCUT2D eigenvalue weighted by molar-refractivity contribution is -0.148. The van der Waals surface area contributed by atoms with Crippen molar-refractivity contribution in [3.63, 3.8) is 0 Å². The molecule has 0 aliphatic rings. The average molecular weight is 256 g/mol. The molecule has 0 N–H and O–H groups in total. The molecular formula is C14H24O4. The van der Waals surface area contributed by atoms with Crippen molar-refractivity contribution in [1.29, 1.82) is 0 Å². The van der Waals surface area contributed by atoms with Gasteiger partial charge in [0.2, 0.25) is 0 Å². The first-order valence-electron chi connectivity index (χ1n) is 6.45. The maximum Gasteiger partial charge on any atom is 0.306 e. The van der Waals surface area contributed by atoms with E-state index in [1.54, 1.807) is 13.8 Å². The molecule has 0 bridgehead atoms. The van der Waals surface area contributed by atoms with E-state index in [9.17, 15) is 14.4 Å². The summed E-state index contributed by atoms with van der Waals surface area (Å²) >= 11 is 0. The van der Waals surface area contributed by atoms with Crippen molar-refractivity contribution in [3.8, 4) is 0 Å². The first-order valence-corrected chi connectivity index (χ1v) is 6.45. The van der Waals surface area contributed by atoms with Crippen molar-refractivity contribution in [3.05, 3.63) is 0 Å². The third-order valence-electron chi connectivity index (χ3n) is 2.75. The minimum Gasteiger partial charge on any atom is -0.463 e. The Kier molecular flexibility index (Phi) is 7.48. The van der Waals surface area contributed by atoms with E-state index in [1.165, 1.54) is 6.92 Å². The summed E-state index contributed by atoms with van der Waals surface area (Å²) in [5.41, 5.74) is 0. The van der Waals surface area contributed by atoms with Crippen LogP contribution in [0.4, 0.5) is 0 Å². The first-order chi connectivity index (χ1) is 8.23. The van der Waals surface area contributed by atoms with Crippen LogP contribution in [0, 0.1) is 11.8 Å². The normalized spacial score (nSPS) is 12.6. The van der Waals surface area contributed by atoms with E-state index in [0.29, 0.717) is 0 Å². The molecule has 1 unspecified atom stereocenters. The fraction of sp³-hybridized carbons (Fsp3) is 0.786. The molecule has 0 aliphatic carbocycles. The van der Waals surface area contributed by atoms with Gasteiger partial charge in [0.25, 0.3) is 0 Å². The molecule has 0 aromatic heterocycles. The van der Waals surface area contributed by atoms with Gasteiger partial charge < -0.3 is 4.74 Å². The van der Waals surface area contributed by atoms with Gasteiger partial charge in [-0.2, -0.15) is 0 Å². The average Bonchev–Trinajstić information content (AvgIpc) is 2.21. The number of carbonyl (C=O) groups is 3.